The van der Waals surface area contributed by atoms with E-state index in [1.807, 2.05) is 6.92 Å². The minimum atomic E-state index is -0.170. The molecule has 0 radical (unpaired) electrons. The third kappa shape index (κ3) is 6.10. The summed E-state index contributed by atoms with van der Waals surface area (Å²) in [5, 5.41) is 12.5. The molecule has 0 saturated carbocycles. The molecule has 1 unspecified atom stereocenters. The van der Waals surface area contributed by atoms with E-state index in [4.69, 9.17) is 28.3 Å². The van der Waals surface area contributed by atoms with Gasteiger partial charge in [-0.3, -0.25) is 4.79 Å². The van der Waals surface area contributed by atoms with E-state index in [0.717, 1.165) is 12.0 Å². The van der Waals surface area contributed by atoms with E-state index in [9.17, 15) is 4.79 Å². The summed E-state index contributed by atoms with van der Waals surface area (Å²) in [7, 11) is 0. The number of carbonyl (C=O) groups is 1. The zero-order valence-corrected chi connectivity index (χ0v) is 12.2. The smallest absolute Gasteiger partial charge is 0.244 e. The summed E-state index contributed by atoms with van der Waals surface area (Å²) in [4.78, 5) is 11.6. The zero-order chi connectivity index (χ0) is 14.3. The van der Waals surface area contributed by atoms with E-state index >= 15 is 0 Å². The van der Waals surface area contributed by atoms with Gasteiger partial charge in [0.05, 0.1) is 10.0 Å². The van der Waals surface area contributed by atoms with Gasteiger partial charge in [0.1, 0.15) is 0 Å². The van der Waals surface area contributed by atoms with Gasteiger partial charge in [-0.15, -0.1) is 0 Å². The molecule has 0 aliphatic carbocycles. The topological polar surface area (TPSA) is 49.3 Å². The van der Waals surface area contributed by atoms with Gasteiger partial charge in [0.2, 0.25) is 5.91 Å². The van der Waals surface area contributed by atoms with Crippen molar-refractivity contribution in [3.05, 3.63) is 39.9 Å². The highest BCUT2D eigenvalue weighted by Crippen LogP contribution is 2.23. The van der Waals surface area contributed by atoms with Crippen LogP contribution in [0.1, 0.15) is 25.3 Å². The lowest BCUT2D eigenvalue weighted by atomic mass is 10.2. The molecule has 0 saturated heterocycles. The average Bonchev–Trinajstić information content (AvgIpc) is 2.38. The van der Waals surface area contributed by atoms with Gasteiger partial charge in [-0.05, 0) is 43.5 Å². The summed E-state index contributed by atoms with van der Waals surface area (Å²) in [6.45, 7) is 2.04. The van der Waals surface area contributed by atoms with E-state index in [-0.39, 0.29) is 18.6 Å². The van der Waals surface area contributed by atoms with Gasteiger partial charge in [-0.1, -0.05) is 29.3 Å². The number of carbonyl (C=O) groups excluding carboxylic acids is 1. The predicted octanol–water partition coefficient (Wildman–Crippen LogP) is 3.28. The van der Waals surface area contributed by atoms with Crippen LogP contribution in [-0.4, -0.2) is 23.7 Å². The van der Waals surface area contributed by atoms with Gasteiger partial charge in [0, 0.05) is 18.7 Å². The van der Waals surface area contributed by atoms with E-state index in [0.29, 0.717) is 16.5 Å². The highest BCUT2D eigenvalue weighted by atomic mass is 35.5. The molecule has 2 N–H and O–H groups in total. The molecule has 0 bridgehead atoms. The van der Waals surface area contributed by atoms with Crippen molar-refractivity contribution in [1.82, 2.24) is 5.32 Å². The van der Waals surface area contributed by atoms with Crippen molar-refractivity contribution in [3.63, 3.8) is 0 Å². The molecule has 104 valence electrons. The van der Waals surface area contributed by atoms with Gasteiger partial charge < -0.3 is 10.4 Å². The van der Waals surface area contributed by atoms with Crippen LogP contribution in [0, 0.1) is 0 Å². The molecule has 1 aromatic carbocycles. The quantitative estimate of drug-likeness (QED) is 0.792. The number of amides is 1. The Hall–Kier alpha value is -1.03. The highest BCUT2D eigenvalue weighted by Gasteiger charge is 2.04. The number of rotatable bonds is 6. The monoisotopic (exact) mass is 301 g/mol. The molecule has 0 aliphatic heterocycles. The Kier molecular flexibility index (Phi) is 6.92. The first-order valence-electron chi connectivity index (χ1n) is 6.07. The first-order chi connectivity index (χ1) is 9.02. The molecule has 0 heterocycles. The second kappa shape index (κ2) is 8.20. The fourth-order valence-corrected chi connectivity index (χ4v) is 1.86. The molecule has 19 heavy (non-hydrogen) atoms. The maximum absolute atomic E-state index is 11.6. The van der Waals surface area contributed by atoms with Crippen molar-refractivity contribution in [1.29, 1.82) is 0 Å². The number of aliphatic hydroxyl groups excluding tert-OH is 1. The van der Waals surface area contributed by atoms with Gasteiger partial charge in [-0.2, -0.15) is 0 Å². The van der Waals surface area contributed by atoms with Crippen molar-refractivity contribution in [3.8, 4) is 0 Å². The Morgan fingerprint density at radius 2 is 2.16 bits per heavy atom. The van der Waals surface area contributed by atoms with Crippen LogP contribution in [0.2, 0.25) is 10.0 Å². The van der Waals surface area contributed by atoms with Crippen LogP contribution < -0.4 is 5.32 Å². The van der Waals surface area contributed by atoms with E-state index in [1.165, 1.54) is 6.08 Å². The largest absolute Gasteiger partial charge is 0.396 e. The molecule has 0 aliphatic rings. The molecule has 1 rings (SSSR count). The summed E-state index contributed by atoms with van der Waals surface area (Å²) in [6.07, 6.45) is 4.56. The molecule has 3 nitrogen and oxygen atoms in total. The first kappa shape index (κ1) is 16.0. The van der Waals surface area contributed by atoms with Crippen LogP contribution in [0.15, 0.2) is 24.3 Å². The molecule has 1 amide bonds. The van der Waals surface area contributed by atoms with Crippen LogP contribution in [0.25, 0.3) is 6.08 Å². The third-order valence-electron chi connectivity index (χ3n) is 2.55. The molecule has 1 atom stereocenters. The Morgan fingerprint density at radius 1 is 1.42 bits per heavy atom. The van der Waals surface area contributed by atoms with Gasteiger partial charge in [-0.25, -0.2) is 0 Å². The van der Waals surface area contributed by atoms with Crippen molar-refractivity contribution in [2.75, 3.05) is 6.61 Å². The van der Waals surface area contributed by atoms with E-state index in [2.05, 4.69) is 5.32 Å². The lowest BCUT2D eigenvalue weighted by Gasteiger charge is -2.11. The first-order valence-corrected chi connectivity index (χ1v) is 6.83. The fraction of sp³-hybridized carbons (Fsp3) is 0.357. The Labute approximate surface area is 123 Å². The molecule has 0 fully saturated rings. The van der Waals surface area contributed by atoms with E-state index < -0.39 is 0 Å². The number of hydrogen-bond donors (Lipinski definition) is 2. The van der Waals surface area contributed by atoms with Crippen LogP contribution in [-0.2, 0) is 4.79 Å². The summed E-state index contributed by atoms with van der Waals surface area (Å²) in [5.74, 6) is -0.170. The standard InChI is InChI=1S/C14H17Cl2NO2/c1-10(3-2-8-18)17-14(19)7-5-11-4-6-12(15)13(16)9-11/h4-7,9-10,18H,2-3,8H2,1H3,(H,17,19). The molecular weight excluding hydrogens is 285 g/mol. The van der Waals surface area contributed by atoms with Gasteiger partial charge >= 0.3 is 0 Å². The van der Waals surface area contributed by atoms with Crippen LogP contribution in [0.5, 0.6) is 0 Å². The molecular formula is C14H17Cl2NO2. The van der Waals surface area contributed by atoms with Crippen LogP contribution >= 0.6 is 23.2 Å². The minimum Gasteiger partial charge on any atom is -0.396 e. The van der Waals surface area contributed by atoms with Crippen LogP contribution in [0.4, 0.5) is 0 Å². The third-order valence-corrected chi connectivity index (χ3v) is 3.29. The molecule has 5 heteroatoms. The maximum Gasteiger partial charge on any atom is 0.244 e. The number of benzene rings is 1. The van der Waals surface area contributed by atoms with Crippen molar-refractivity contribution in [2.45, 2.75) is 25.8 Å². The lowest BCUT2D eigenvalue weighted by Crippen LogP contribution is -2.31. The number of nitrogens with one attached hydrogen (secondary N) is 1. The summed E-state index contributed by atoms with van der Waals surface area (Å²) in [6, 6.07) is 5.21. The number of aliphatic hydroxyl groups is 1. The lowest BCUT2D eigenvalue weighted by molar-refractivity contribution is -0.117. The van der Waals surface area contributed by atoms with Crippen molar-refractivity contribution in [2.24, 2.45) is 0 Å². The fourth-order valence-electron chi connectivity index (χ4n) is 1.55. The molecule has 0 aromatic heterocycles. The maximum atomic E-state index is 11.6. The summed E-state index contributed by atoms with van der Waals surface area (Å²) < 4.78 is 0. The Balaban J connectivity index is 2.51. The van der Waals surface area contributed by atoms with Crippen molar-refractivity contribution < 1.29 is 9.90 Å². The summed E-state index contributed by atoms with van der Waals surface area (Å²) in [5.41, 5.74) is 0.813. The second-order valence-corrected chi connectivity index (χ2v) is 5.10. The highest BCUT2D eigenvalue weighted by molar-refractivity contribution is 6.42. The Morgan fingerprint density at radius 3 is 2.79 bits per heavy atom. The summed E-state index contributed by atoms with van der Waals surface area (Å²) >= 11 is 11.7. The van der Waals surface area contributed by atoms with Gasteiger partial charge in [0.25, 0.3) is 0 Å². The number of hydrogen-bond acceptors (Lipinski definition) is 2. The zero-order valence-electron chi connectivity index (χ0n) is 10.7. The van der Waals surface area contributed by atoms with Crippen molar-refractivity contribution >= 4 is 35.2 Å². The minimum absolute atomic E-state index is 0.0399. The van der Waals surface area contributed by atoms with Crippen LogP contribution in [0.3, 0.4) is 0 Å². The van der Waals surface area contributed by atoms with E-state index in [1.54, 1.807) is 24.3 Å². The second-order valence-electron chi connectivity index (χ2n) is 4.28. The molecule has 1 aromatic rings. The normalized spacial score (nSPS) is 12.6. The average molecular weight is 302 g/mol. The number of halogens is 2. The SMILES string of the molecule is CC(CCCO)NC(=O)C=Cc1ccc(Cl)c(Cl)c1. The molecule has 0 spiro atoms. The Bertz CT molecular complexity index is 461. The van der Waals surface area contributed by atoms with Gasteiger partial charge in [0.15, 0.2) is 0 Å². The predicted molar refractivity (Wildman–Crippen MR) is 79.4 cm³/mol.